The van der Waals surface area contributed by atoms with Crippen molar-refractivity contribution in [3.63, 3.8) is 0 Å². The van der Waals surface area contributed by atoms with Crippen LogP contribution in [0, 0.1) is 5.82 Å². The molecule has 1 unspecified atom stereocenters. The largest absolute Gasteiger partial charge is 0.397 e. The van der Waals surface area contributed by atoms with Gasteiger partial charge in [-0.2, -0.15) is 0 Å². The molecule has 0 saturated heterocycles. The zero-order valence-corrected chi connectivity index (χ0v) is 12.2. The molecular formula is C14H16FN3O2S. The van der Waals surface area contributed by atoms with Crippen LogP contribution in [0.15, 0.2) is 47.4 Å². The quantitative estimate of drug-likeness (QED) is 0.754. The number of nitrogen functional groups attached to an aromatic ring is 1. The third-order valence-electron chi connectivity index (χ3n) is 3.07. The molecule has 0 aromatic heterocycles. The highest BCUT2D eigenvalue weighted by atomic mass is 32.2. The molecule has 0 radical (unpaired) electrons. The number of halogens is 1. The van der Waals surface area contributed by atoms with Gasteiger partial charge in [-0.15, -0.1) is 0 Å². The molecule has 112 valence electrons. The summed E-state index contributed by atoms with van der Waals surface area (Å²) in [7, 11) is -3.80. The van der Waals surface area contributed by atoms with Gasteiger partial charge in [-0.1, -0.05) is 12.1 Å². The Kier molecular flexibility index (Phi) is 4.15. The number of benzene rings is 2. The summed E-state index contributed by atoms with van der Waals surface area (Å²) in [6.07, 6.45) is 0. The number of sulfonamides is 1. The van der Waals surface area contributed by atoms with Gasteiger partial charge >= 0.3 is 0 Å². The van der Waals surface area contributed by atoms with E-state index in [2.05, 4.69) is 5.32 Å². The third kappa shape index (κ3) is 3.71. The molecule has 0 fully saturated rings. The van der Waals surface area contributed by atoms with Crippen LogP contribution >= 0.6 is 0 Å². The average Bonchev–Trinajstić information content (AvgIpc) is 2.40. The second-order valence-electron chi connectivity index (χ2n) is 4.72. The molecule has 0 aliphatic rings. The molecule has 21 heavy (non-hydrogen) atoms. The molecule has 2 rings (SSSR count). The van der Waals surface area contributed by atoms with Crippen LogP contribution in [0.2, 0.25) is 0 Å². The number of anilines is 2. The first-order valence-electron chi connectivity index (χ1n) is 6.21. The van der Waals surface area contributed by atoms with E-state index in [1.807, 2.05) is 6.92 Å². The average molecular weight is 309 g/mol. The number of primary sulfonamides is 1. The number of hydrogen-bond acceptors (Lipinski definition) is 4. The highest BCUT2D eigenvalue weighted by molar-refractivity contribution is 7.89. The molecule has 2 aromatic rings. The topological polar surface area (TPSA) is 98.2 Å². The third-order valence-corrected chi connectivity index (χ3v) is 3.98. The summed E-state index contributed by atoms with van der Waals surface area (Å²) < 4.78 is 35.9. The van der Waals surface area contributed by atoms with Crippen molar-refractivity contribution in [2.24, 2.45) is 5.14 Å². The fourth-order valence-electron chi connectivity index (χ4n) is 1.93. The van der Waals surface area contributed by atoms with Crippen molar-refractivity contribution >= 4 is 21.4 Å². The fraction of sp³-hybridized carbons (Fsp3) is 0.143. The molecule has 0 bridgehead atoms. The molecule has 0 aliphatic heterocycles. The first-order valence-corrected chi connectivity index (χ1v) is 7.76. The molecule has 0 aliphatic carbocycles. The minimum Gasteiger partial charge on any atom is -0.397 e. The van der Waals surface area contributed by atoms with Crippen LogP contribution in [0.3, 0.4) is 0 Å². The van der Waals surface area contributed by atoms with E-state index < -0.39 is 10.0 Å². The number of nitrogens with one attached hydrogen (secondary N) is 1. The van der Waals surface area contributed by atoms with Crippen molar-refractivity contribution in [2.45, 2.75) is 17.9 Å². The van der Waals surface area contributed by atoms with Gasteiger partial charge in [0.1, 0.15) is 5.82 Å². The molecule has 1 atom stereocenters. The van der Waals surface area contributed by atoms with E-state index in [0.29, 0.717) is 11.4 Å². The maximum absolute atomic E-state index is 13.2. The van der Waals surface area contributed by atoms with E-state index in [9.17, 15) is 12.8 Å². The molecule has 0 amide bonds. The molecule has 0 spiro atoms. The SMILES string of the molecule is CC(Nc1cc(S(N)(=O)=O)ccc1N)c1cccc(F)c1. The summed E-state index contributed by atoms with van der Waals surface area (Å²) in [6.45, 7) is 1.82. The summed E-state index contributed by atoms with van der Waals surface area (Å²) in [5.74, 6) is -0.340. The molecule has 0 saturated carbocycles. The van der Waals surface area contributed by atoms with E-state index in [1.165, 1.54) is 30.3 Å². The van der Waals surface area contributed by atoms with Crippen molar-refractivity contribution in [1.82, 2.24) is 0 Å². The maximum atomic E-state index is 13.2. The van der Waals surface area contributed by atoms with Crippen molar-refractivity contribution < 1.29 is 12.8 Å². The number of rotatable bonds is 4. The van der Waals surface area contributed by atoms with Crippen LogP contribution in [0.4, 0.5) is 15.8 Å². The van der Waals surface area contributed by atoms with E-state index in [4.69, 9.17) is 10.9 Å². The Labute approximate surface area is 122 Å². The Morgan fingerprint density at radius 1 is 1.19 bits per heavy atom. The first-order chi connectivity index (χ1) is 9.77. The van der Waals surface area contributed by atoms with Crippen LogP contribution < -0.4 is 16.2 Å². The first kappa shape index (κ1) is 15.3. The van der Waals surface area contributed by atoms with Crippen LogP contribution in [0.1, 0.15) is 18.5 Å². The van der Waals surface area contributed by atoms with Gasteiger partial charge in [0.15, 0.2) is 0 Å². The van der Waals surface area contributed by atoms with Crippen molar-refractivity contribution in [2.75, 3.05) is 11.1 Å². The smallest absolute Gasteiger partial charge is 0.238 e. The monoisotopic (exact) mass is 309 g/mol. The summed E-state index contributed by atoms with van der Waals surface area (Å²) in [5.41, 5.74) is 7.34. The van der Waals surface area contributed by atoms with Crippen LogP contribution in [-0.2, 0) is 10.0 Å². The minimum absolute atomic E-state index is 0.0364. The Balaban J connectivity index is 2.31. The highest BCUT2D eigenvalue weighted by Crippen LogP contribution is 2.26. The standard InChI is InChI=1S/C14H16FN3O2S/c1-9(10-3-2-4-11(15)7-10)18-14-8-12(21(17,19)20)5-6-13(14)16/h2-9,18H,16H2,1H3,(H2,17,19,20). The normalized spacial score (nSPS) is 12.9. The Bertz CT molecular complexity index is 763. The lowest BCUT2D eigenvalue weighted by Crippen LogP contribution is -2.14. The van der Waals surface area contributed by atoms with E-state index >= 15 is 0 Å². The number of nitrogens with two attached hydrogens (primary N) is 2. The van der Waals surface area contributed by atoms with E-state index in [0.717, 1.165) is 5.56 Å². The van der Waals surface area contributed by atoms with Gasteiger partial charge in [0.2, 0.25) is 10.0 Å². The Morgan fingerprint density at radius 2 is 1.90 bits per heavy atom. The van der Waals surface area contributed by atoms with E-state index in [1.54, 1.807) is 12.1 Å². The van der Waals surface area contributed by atoms with E-state index in [-0.39, 0.29) is 16.8 Å². The Morgan fingerprint density at radius 3 is 2.52 bits per heavy atom. The van der Waals surface area contributed by atoms with Gasteiger partial charge in [-0.05, 0) is 42.8 Å². The zero-order chi connectivity index (χ0) is 15.6. The molecular weight excluding hydrogens is 293 g/mol. The lowest BCUT2D eigenvalue weighted by atomic mass is 10.1. The van der Waals surface area contributed by atoms with Gasteiger partial charge in [0, 0.05) is 6.04 Å². The van der Waals surface area contributed by atoms with Gasteiger partial charge in [-0.3, -0.25) is 0 Å². The zero-order valence-electron chi connectivity index (χ0n) is 11.4. The predicted molar refractivity (Wildman–Crippen MR) is 80.7 cm³/mol. The van der Waals surface area contributed by atoms with Crippen LogP contribution in [0.25, 0.3) is 0 Å². The van der Waals surface area contributed by atoms with Gasteiger partial charge in [0.05, 0.1) is 16.3 Å². The van der Waals surface area contributed by atoms with Gasteiger partial charge in [0.25, 0.3) is 0 Å². The predicted octanol–water partition coefficient (Wildman–Crippen LogP) is 2.23. The lowest BCUT2D eigenvalue weighted by molar-refractivity contribution is 0.598. The molecule has 5 nitrogen and oxygen atoms in total. The maximum Gasteiger partial charge on any atom is 0.238 e. The molecule has 7 heteroatoms. The summed E-state index contributed by atoms with van der Waals surface area (Å²) in [5, 5.41) is 8.15. The second-order valence-corrected chi connectivity index (χ2v) is 6.28. The summed E-state index contributed by atoms with van der Waals surface area (Å²) >= 11 is 0. The molecule has 0 heterocycles. The minimum atomic E-state index is -3.80. The number of hydrogen-bond donors (Lipinski definition) is 3. The highest BCUT2D eigenvalue weighted by Gasteiger charge is 2.13. The van der Waals surface area contributed by atoms with Gasteiger partial charge < -0.3 is 11.1 Å². The van der Waals surface area contributed by atoms with Gasteiger partial charge in [-0.25, -0.2) is 17.9 Å². The lowest BCUT2D eigenvalue weighted by Gasteiger charge is -2.18. The van der Waals surface area contributed by atoms with Crippen molar-refractivity contribution in [3.8, 4) is 0 Å². The Hall–Kier alpha value is -2.12. The van der Waals surface area contributed by atoms with Crippen molar-refractivity contribution in [1.29, 1.82) is 0 Å². The summed E-state index contributed by atoms with van der Waals surface area (Å²) in [4.78, 5) is -0.0364. The van der Waals surface area contributed by atoms with Crippen LogP contribution in [-0.4, -0.2) is 8.42 Å². The second kappa shape index (κ2) is 5.71. The fourth-order valence-corrected chi connectivity index (χ4v) is 2.47. The summed E-state index contributed by atoms with van der Waals surface area (Å²) in [6, 6.07) is 10.0. The van der Waals surface area contributed by atoms with Crippen LogP contribution in [0.5, 0.6) is 0 Å². The molecule has 2 aromatic carbocycles. The van der Waals surface area contributed by atoms with Crippen molar-refractivity contribution in [3.05, 3.63) is 53.8 Å². The molecule has 5 N–H and O–H groups in total.